The molecule has 8 heteroatoms. The fourth-order valence-corrected chi connectivity index (χ4v) is 2.34. The van der Waals surface area contributed by atoms with E-state index in [9.17, 15) is 4.79 Å². The summed E-state index contributed by atoms with van der Waals surface area (Å²) in [5.74, 6) is 1.17. The summed E-state index contributed by atoms with van der Waals surface area (Å²) in [5.41, 5.74) is 3.02. The molecule has 0 aromatic heterocycles. The summed E-state index contributed by atoms with van der Waals surface area (Å²) in [6, 6.07) is 9.98. The lowest BCUT2D eigenvalue weighted by molar-refractivity contribution is -0.123. The second kappa shape index (κ2) is 9.15. The van der Waals surface area contributed by atoms with Gasteiger partial charge in [-0.1, -0.05) is 23.2 Å². The number of nitrogens with zero attached hydrogens (tertiary/aromatic N) is 1. The Balaban J connectivity index is 1.92. The highest BCUT2D eigenvalue weighted by atomic mass is 35.5. The third-order valence-electron chi connectivity index (χ3n) is 3.08. The van der Waals surface area contributed by atoms with Crippen LogP contribution in [-0.4, -0.2) is 32.9 Å². The van der Waals surface area contributed by atoms with Crippen LogP contribution in [0.2, 0.25) is 10.0 Å². The first-order valence-corrected chi connectivity index (χ1v) is 7.91. The zero-order valence-electron chi connectivity index (χ0n) is 13.6. The smallest absolute Gasteiger partial charge is 0.277 e. The number of rotatable bonds is 7. The highest BCUT2D eigenvalue weighted by Gasteiger charge is 2.06. The summed E-state index contributed by atoms with van der Waals surface area (Å²) in [6.45, 7) is -0.242. The van der Waals surface area contributed by atoms with E-state index in [1.165, 1.54) is 12.3 Å². The number of hydrazone groups is 1. The van der Waals surface area contributed by atoms with Crippen molar-refractivity contribution in [2.24, 2.45) is 5.10 Å². The van der Waals surface area contributed by atoms with Crippen molar-refractivity contribution in [2.75, 3.05) is 20.8 Å². The Labute approximate surface area is 155 Å². The second-order valence-corrected chi connectivity index (χ2v) is 5.61. The number of nitrogens with one attached hydrogen (secondary N) is 1. The first kappa shape index (κ1) is 18.9. The molecule has 0 unspecified atom stereocenters. The fraction of sp³-hybridized carbons (Fsp3) is 0.176. The quantitative estimate of drug-likeness (QED) is 0.587. The van der Waals surface area contributed by atoms with Crippen molar-refractivity contribution in [3.63, 3.8) is 0 Å². The molecule has 6 nitrogen and oxygen atoms in total. The van der Waals surface area contributed by atoms with Crippen LogP contribution in [0.5, 0.6) is 17.2 Å². The van der Waals surface area contributed by atoms with E-state index in [4.69, 9.17) is 37.4 Å². The summed E-state index contributed by atoms with van der Waals surface area (Å²) >= 11 is 11.8. The van der Waals surface area contributed by atoms with E-state index < -0.39 is 5.91 Å². The van der Waals surface area contributed by atoms with Crippen molar-refractivity contribution in [3.05, 3.63) is 52.0 Å². The lowest BCUT2D eigenvalue weighted by Crippen LogP contribution is -2.24. The third kappa shape index (κ3) is 5.55. The standard InChI is InChI=1S/C17H16Cl2N2O4/c1-23-13-4-6-15(24-2)11(7-13)9-20-21-17(22)10-25-16-5-3-12(18)8-14(16)19/h3-9H,10H2,1-2H3,(H,21,22)/b20-9+. The Morgan fingerprint density at radius 2 is 1.88 bits per heavy atom. The van der Waals surface area contributed by atoms with E-state index in [0.29, 0.717) is 32.9 Å². The molecule has 0 saturated carbocycles. The molecule has 25 heavy (non-hydrogen) atoms. The van der Waals surface area contributed by atoms with Crippen molar-refractivity contribution >= 4 is 35.3 Å². The number of benzene rings is 2. The van der Waals surface area contributed by atoms with Gasteiger partial charge in [0.25, 0.3) is 5.91 Å². The monoisotopic (exact) mass is 382 g/mol. The molecule has 0 fully saturated rings. The molecule has 0 aliphatic heterocycles. The Kier molecular flexibility index (Phi) is 6.91. The van der Waals surface area contributed by atoms with Crippen LogP contribution >= 0.6 is 23.2 Å². The maximum absolute atomic E-state index is 11.8. The van der Waals surface area contributed by atoms with E-state index in [1.54, 1.807) is 44.6 Å². The van der Waals surface area contributed by atoms with Gasteiger partial charge >= 0.3 is 0 Å². The molecule has 0 saturated heterocycles. The number of carbonyl (C=O) groups is 1. The number of halogens is 2. The van der Waals surface area contributed by atoms with Gasteiger partial charge in [0.2, 0.25) is 0 Å². The molecule has 0 aliphatic rings. The number of amides is 1. The molecule has 0 bridgehead atoms. The van der Waals surface area contributed by atoms with Gasteiger partial charge < -0.3 is 14.2 Å². The maximum Gasteiger partial charge on any atom is 0.277 e. The number of ether oxygens (including phenoxy) is 3. The molecule has 2 aromatic rings. The first-order valence-electron chi connectivity index (χ1n) is 7.15. The van der Waals surface area contributed by atoms with Crippen LogP contribution in [0.15, 0.2) is 41.5 Å². The van der Waals surface area contributed by atoms with E-state index >= 15 is 0 Å². The van der Waals surface area contributed by atoms with E-state index in [2.05, 4.69) is 10.5 Å². The number of carbonyl (C=O) groups excluding carboxylic acids is 1. The minimum Gasteiger partial charge on any atom is -0.497 e. The minimum absolute atomic E-state index is 0.242. The Morgan fingerprint density at radius 1 is 1.12 bits per heavy atom. The Morgan fingerprint density at radius 3 is 2.56 bits per heavy atom. The summed E-state index contributed by atoms with van der Waals surface area (Å²) in [5, 5.41) is 4.69. The zero-order valence-corrected chi connectivity index (χ0v) is 15.1. The molecule has 0 aliphatic carbocycles. The van der Waals surface area contributed by atoms with Crippen LogP contribution < -0.4 is 19.6 Å². The van der Waals surface area contributed by atoms with Gasteiger partial charge in [-0.15, -0.1) is 0 Å². The molecule has 2 rings (SSSR count). The maximum atomic E-state index is 11.8. The predicted octanol–water partition coefficient (Wildman–Crippen LogP) is 3.54. The highest BCUT2D eigenvalue weighted by Crippen LogP contribution is 2.27. The van der Waals surface area contributed by atoms with Crippen LogP contribution in [0.1, 0.15) is 5.56 Å². The van der Waals surface area contributed by atoms with Crippen molar-refractivity contribution in [3.8, 4) is 17.2 Å². The predicted molar refractivity (Wildman–Crippen MR) is 97.2 cm³/mol. The average molecular weight is 383 g/mol. The first-order chi connectivity index (χ1) is 12.0. The van der Waals surface area contributed by atoms with Crippen LogP contribution in [0, 0.1) is 0 Å². The topological polar surface area (TPSA) is 69.2 Å². The normalized spacial score (nSPS) is 10.6. The third-order valence-corrected chi connectivity index (χ3v) is 3.61. The number of methoxy groups -OCH3 is 2. The fourth-order valence-electron chi connectivity index (χ4n) is 1.88. The molecular weight excluding hydrogens is 367 g/mol. The molecule has 0 heterocycles. The summed E-state index contributed by atoms with van der Waals surface area (Å²) in [7, 11) is 3.10. The molecule has 1 N–H and O–H groups in total. The molecule has 0 radical (unpaired) electrons. The zero-order chi connectivity index (χ0) is 18.2. The summed E-state index contributed by atoms with van der Waals surface area (Å²) in [4.78, 5) is 11.8. The van der Waals surface area contributed by atoms with Crippen LogP contribution in [-0.2, 0) is 4.79 Å². The highest BCUT2D eigenvalue weighted by molar-refractivity contribution is 6.35. The molecule has 0 spiro atoms. The number of hydrogen-bond donors (Lipinski definition) is 1. The van der Waals surface area contributed by atoms with Gasteiger partial charge in [-0.05, 0) is 36.4 Å². The van der Waals surface area contributed by atoms with Crippen molar-refractivity contribution < 1.29 is 19.0 Å². The van der Waals surface area contributed by atoms with Gasteiger partial charge in [0.15, 0.2) is 6.61 Å². The van der Waals surface area contributed by atoms with Crippen molar-refractivity contribution in [1.29, 1.82) is 0 Å². The molecule has 132 valence electrons. The summed E-state index contributed by atoms with van der Waals surface area (Å²) < 4.78 is 15.7. The van der Waals surface area contributed by atoms with E-state index in [-0.39, 0.29) is 6.61 Å². The largest absolute Gasteiger partial charge is 0.497 e. The Hall–Kier alpha value is -2.44. The van der Waals surface area contributed by atoms with Gasteiger partial charge in [-0.2, -0.15) is 5.10 Å². The molecule has 0 atom stereocenters. The van der Waals surface area contributed by atoms with E-state index in [0.717, 1.165) is 0 Å². The van der Waals surface area contributed by atoms with Gasteiger partial charge in [0.05, 0.1) is 25.5 Å². The molecular formula is C17H16Cl2N2O4. The Bertz CT molecular complexity index is 781. The lowest BCUT2D eigenvalue weighted by Gasteiger charge is -2.08. The van der Waals surface area contributed by atoms with Crippen LogP contribution in [0.25, 0.3) is 0 Å². The summed E-state index contributed by atoms with van der Waals surface area (Å²) in [6.07, 6.45) is 1.45. The second-order valence-electron chi connectivity index (χ2n) is 4.76. The molecule has 1 amide bonds. The minimum atomic E-state index is -0.441. The van der Waals surface area contributed by atoms with Crippen molar-refractivity contribution in [1.82, 2.24) is 5.43 Å². The van der Waals surface area contributed by atoms with Gasteiger partial charge in [0.1, 0.15) is 17.2 Å². The van der Waals surface area contributed by atoms with Crippen LogP contribution in [0.3, 0.4) is 0 Å². The molecule has 2 aromatic carbocycles. The van der Waals surface area contributed by atoms with Gasteiger partial charge in [-0.3, -0.25) is 4.79 Å². The van der Waals surface area contributed by atoms with E-state index in [1.807, 2.05) is 0 Å². The SMILES string of the molecule is COc1ccc(OC)c(/C=N/NC(=O)COc2ccc(Cl)cc2Cl)c1. The van der Waals surface area contributed by atoms with Crippen molar-refractivity contribution in [2.45, 2.75) is 0 Å². The van der Waals surface area contributed by atoms with Gasteiger partial charge in [-0.25, -0.2) is 5.43 Å². The van der Waals surface area contributed by atoms with Crippen LogP contribution in [0.4, 0.5) is 0 Å². The average Bonchev–Trinajstić information content (AvgIpc) is 2.60. The van der Waals surface area contributed by atoms with Gasteiger partial charge in [0, 0.05) is 10.6 Å². The number of hydrogen-bond acceptors (Lipinski definition) is 5. The lowest BCUT2D eigenvalue weighted by atomic mass is 10.2.